The minimum Gasteiger partial charge on any atom is -0.328 e. The van der Waals surface area contributed by atoms with Gasteiger partial charge in [0.2, 0.25) is 0 Å². The Balaban J connectivity index is 0. The van der Waals surface area contributed by atoms with Gasteiger partial charge in [-0.2, -0.15) is 0 Å². The molecule has 0 radical (unpaired) electrons. The van der Waals surface area contributed by atoms with Crippen molar-refractivity contribution in [3.05, 3.63) is 10.1 Å². The molecule has 0 aromatic heterocycles. The molecule has 0 aliphatic rings. The number of rotatable bonds is 4. The molecule has 12 heavy (non-hydrogen) atoms. The summed E-state index contributed by atoms with van der Waals surface area (Å²) in [5.41, 5.74) is 0. The molecule has 0 fully saturated rings. The van der Waals surface area contributed by atoms with Crippen LogP contribution < -0.4 is 0 Å². The molecule has 0 saturated heterocycles. The normalized spacial score (nSPS) is 9.00. The molecular weight excluding hydrogens is 207 g/mol. The SMILES string of the molecule is CN(CCCl)CCCl.O=[N+]([O-])O. The summed E-state index contributed by atoms with van der Waals surface area (Å²) in [4.78, 5) is 10.5. The molecule has 1 N–H and O–H groups in total. The van der Waals surface area contributed by atoms with Crippen LogP contribution in [-0.4, -0.2) is 47.1 Å². The van der Waals surface area contributed by atoms with Gasteiger partial charge in [-0.25, -0.2) is 0 Å². The third kappa shape index (κ3) is 22.6. The van der Waals surface area contributed by atoms with Gasteiger partial charge in [0, 0.05) is 24.8 Å². The van der Waals surface area contributed by atoms with Crippen LogP contribution in [0.25, 0.3) is 0 Å². The molecule has 0 saturated carbocycles. The first-order chi connectivity index (χ1) is 5.54. The molecule has 74 valence electrons. The fourth-order valence-corrected chi connectivity index (χ4v) is 0.977. The first kappa shape index (κ1) is 14.3. The minimum atomic E-state index is -1.50. The van der Waals surface area contributed by atoms with E-state index in [4.69, 9.17) is 38.5 Å². The highest BCUT2D eigenvalue weighted by molar-refractivity contribution is 6.18. The molecule has 7 heteroatoms. The molecule has 0 aromatic rings. The second-order valence-electron chi connectivity index (χ2n) is 1.92. The Morgan fingerprint density at radius 3 is 1.83 bits per heavy atom. The van der Waals surface area contributed by atoms with Crippen molar-refractivity contribution >= 4 is 23.2 Å². The third-order valence-electron chi connectivity index (χ3n) is 0.932. The van der Waals surface area contributed by atoms with E-state index in [2.05, 4.69) is 4.90 Å². The van der Waals surface area contributed by atoms with Crippen molar-refractivity contribution in [2.45, 2.75) is 0 Å². The average molecular weight is 219 g/mol. The standard InChI is InChI=1S/C5H11Cl2N.HNO3/c1-8(4-2-6)5-3-7;2-1(3)4/h2-5H2,1H3;(H,2,3,4). The van der Waals surface area contributed by atoms with Crippen LogP contribution in [0.4, 0.5) is 0 Å². The monoisotopic (exact) mass is 218 g/mol. The lowest BCUT2D eigenvalue weighted by molar-refractivity contribution is -0.742. The fourth-order valence-electron chi connectivity index (χ4n) is 0.400. The van der Waals surface area contributed by atoms with E-state index in [1.54, 1.807) is 0 Å². The predicted octanol–water partition coefficient (Wildman–Crippen LogP) is 1.05. The largest absolute Gasteiger partial charge is 0.328 e. The molecule has 0 aliphatic carbocycles. The van der Waals surface area contributed by atoms with Crippen LogP contribution in [0.5, 0.6) is 0 Å². The van der Waals surface area contributed by atoms with Gasteiger partial charge in [0.25, 0.3) is 5.09 Å². The number of hydrogen-bond acceptors (Lipinski definition) is 3. The van der Waals surface area contributed by atoms with E-state index in [-0.39, 0.29) is 0 Å². The minimum absolute atomic E-state index is 0.688. The van der Waals surface area contributed by atoms with Crippen LogP contribution in [0, 0.1) is 10.1 Å². The molecule has 0 rings (SSSR count). The highest BCUT2D eigenvalue weighted by Gasteiger charge is 1.92. The maximum atomic E-state index is 8.36. The van der Waals surface area contributed by atoms with E-state index in [0.717, 1.165) is 13.1 Å². The van der Waals surface area contributed by atoms with E-state index in [9.17, 15) is 0 Å². The summed E-state index contributed by atoms with van der Waals surface area (Å²) >= 11 is 10.9. The maximum Gasteiger partial charge on any atom is 0.291 e. The van der Waals surface area contributed by atoms with Crippen molar-refractivity contribution in [2.24, 2.45) is 0 Å². The Morgan fingerprint density at radius 2 is 1.67 bits per heavy atom. The van der Waals surface area contributed by atoms with Crippen molar-refractivity contribution in [2.75, 3.05) is 31.9 Å². The summed E-state index contributed by atoms with van der Waals surface area (Å²) < 4.78 is 0. The van der Waals surface area contributed by atoms with Crippen molar-refractivity contribution in [3.8, 4) is 0 Å². The maximum absolute atomic E-state index is 8.36. The Kier molecular flexibility index (Phi) is 12.8. The van der Waals surface area contributed by atoms with Gasteiger partial charge in [0.05, 0.1) is 0 Å². The number of alkyl halides is 2. The van der Waals surface area contributed by atoms with Crippen LogP contribution in [0.15, 0.2) is 0 Å². The summed E-state index contributed by atoms with van der Waals surface area (Å²) in [6.07, 6.45) is 0. The first-order valence-electron chi connectivity index (χ1n) is 3.18. The van der Waals surface area contributed by atoms with E-state index in [1.165, 1.54) is 0 Å². The fraction of sp³-hybridized carbons (Fsp3) is 1.00. The summed E-state index contributed by atoms with van der Waals surface area (Å²) in [6, 6.07) is 0. The topological polar surface area (TPSA) is 66.6 Å². The molecule has 0 aliphatic heterocycles. The molecule has 0 aromatic carbocycles. The summed E-state index contributed by atoms with van der Waals surface area (Å²) in [7, 11) is 2.00. The molecule has 0 atom stereocenters. The lowest BCUT2D eigenvalue weighted by atomic mass is 10.6. The molecule has 0 bridgehead atoms. The molecule has 0 spiro atoms. The summed E-state index contributed by atoms with van der Waals surface area (Å²) in [5.74, 6) is 1.38. The molecule has 0 heterocycles. The van der Waals surface area contributed by atoms with E-state index in [1.807, 2.05) is 7.05 Å². The zero-order valence-electron chi connectivity index (χ0n) is 6.74. The van der Waals surface area contributed by atoms with Gasteiger partial charge >= 0.3 is 0 Å². The second-order valence-corrected chi connectivity index (χ2v) is 2.68. The van der Waals surface area contributed by atoms with Crippen LogP contribution in [-0.2, 0) is 0 Å². The number of halogens is 2. The quantitative estimate of drug-likeness (QED) is 0.436. The van der Waals surface area contributed by atoms with Crippen LogP contribution >= 0.6 is 23.2 Å². The van der Waals surface area contributed by atoms with E-state index >= 15 is 0 Å². The smallest absolute Gasteiger partial charge is 0.291 e. The average Bonchev–Trinajstić information content (AvgIpc) is 1.87. The zero-order valence-corrected chi connectivity index (χ0v) is 8.25. The lowest BCUT2D eigenvalue weighted by Crippen LogP contribution is -2.22. The second kappa shape index (κ2) is 10.7. The lowest BCUT2D eigenvalue weighted by Gasteiger charge is -2.11. The predicted molar refractivity (Wildman–Crippen MR) is 47.7 cm³/mol. The van der Waals surface area contributed by atoms with Crippen LogP contribution in [0.1, 0.15) is 0 Å². The Hall–Kier alpha value is -0.260. The first-order valence-corrected chi connectivity index (χ1v) is 4.25. The van der Waals surface area contributed by atoms with Crippen LogP contribution in [0.2, 0.25) is 0 Å². The Labute approximate surface area is 81.0 Å². The van der Waals surface area contributed by atoms with Crippen molar-refractivity contribution in [1.29, 1.82) is 0 Å². The van der Waals surface area contributed by atoms with Crippen molar-refractivity contribution < 1.29 is 10.3 Å². The molecule has 0 unspecified atom stereocenters. The molecule has 0 amide bonds. The van der Waals surface area contributed by atoms with Gasteiger partial charge in [-0.3, -0.25) is 0 Å². The van der Waals surface area contributed by atoms with Gasteiger partial charge in [-0.1, -0.05) is 0 Å². The van der Waals surface area contributed by atoms with Gasteiger partial charge in [0.1, 0.15) is 0 Å². The van der Waals surface area contributed by atoms with Crippen molar-refractivity contribution in [1.82, 2.24) is 4.90 Å². The third-order valence-corrected chi connectivity index (χ3v) is 1.27. The summed E-state index contributed by atoms with van der Waals surface area (Å²) in [6.45, 7) is 1.85. The van der Waals surface area contributed by atoms with Gasteiger partial charge in [0.15, 0.2) is 0 Å². The molecular formula is C5H12Cl2N2O3. The van der Waals surface area contributed by atoms with Crippen LogP contribution in [0.3, 0.4) is 0 Å². The van der Waals surface area contributed by atoms with E-state index < -0.39 is 5.09 Å². The van der Waals surface area contributed by atoms with E-state index in [0.29, 0.717) is 11.8 Å². The van der Waals surface area contributed by atoms with Gasteiger partial charge < -0.3 is 10.1 Å². The summed E-state index contributed by atoms with van der Waals surface area (Å²) in [5, 5.41) is 13.6. The Morgan fingerprint density at radius 1 is 1.42 bits per heavy atom. The highest BCUT2D eigenvalue weighted by atomic mass is 35.5. The van der Waals surface area contributed by atoms with Gasteiger partial charge in [-0.15, -0.1) is 33.3 Å². The van der Waals surface area contributed by atoms with Crippen molar-refractivity contribution in [3.63, 3.8) is 0 Å². The number of nitrogens with zero attached hydrogens (tertiary/aromatic N) is 2. The highest BCUT2D eigenvalue weighted by Crippen LogP contribution is 1.85. The Bertz CT molecular complexity index is 105. The molecule has 5 nitrogen and oxygen atoms in total. The zero-order chi connectivity index (χ0) is 9.98. The van der Waals surface area contributed by atoms with Gasteiger partial charge in [-0.05, 0) is 7.05 Å². The number of hydrogen-bond donors (Lipinski definition) is 1.